The molecule has 0 radical (unpaired) electrons. The average molecular weight is 1420 g/mol. The van der Waals surface area contributed by atoms with Crippen molar-refractivity contribution >= 4 is 25.7 Å². The van der Waals surface area contributed by atoms with Crippen molar-refractivity contribution in [3.8, 4) is 0 Å². The van der Waals surface area contributed by atoms with Gasteiger partial charge in [0, 0.05) is 19.3 Å². The number of phosphoric ester groups is 1. The monoisotopic (exact) mass is 1410 g/mol. The molecule has 2 saturated heterocycles. The predicted molar refractivity (Wildman–Crippen MR) is 365 cm³/mol. The smallest absolute Gasteiger partial charge is 0.463 e. The molecule has 3 rings (SSSR count). The van der Waals surface area contributed by atoms with Gasteiger partial charge in [-0.05, 0) is 25.2 Å². The van der Waals surface area contributed by atoms with Gasteiger partial charge in [0.2, 0.25) is 0 Å². The van der Waals surface area contributed by atoms with Crippen LogP contribution in [0.3, 0.4) is 0 Å². The van der Waals surface area contributed by atoms with Crippen LogP contribution in [0.15, 0.2) is 0 Å². The molecule has 0 aromatic heterocycles. The Kier molecular flexibility index (Phi) is 49.4. The van der Waals surface area contributed by atoms with Crippen LogP contribution >= 0.6 is 7.82 Å². The van der Waals surface area contributed by atoms with Crippen molar-refractivity contribution in [3.05, 3.63) is 0 Å². The van der Waals surface area contributed by atoms with Crippen LogP contribution in [-0.2, 0) is 61.2 Å². The fourth-order valence-corrected chi connectivity index (χ4v) is 13.9. The van der Waals surface area contributed by atoms with Crippen LogP contribution in [0.25, 0.3) is 0 Å². The summed E-state index contributed by atoms with van der Waals surface area (Å²) in [6, 6.07) is 0. The lowest BCUT2D eigenvalue weighted by Crippen LogP contribution is -2.69. The van der Waals surface area contributed by atoms with Crippen molar-refractivity contribution in [2.45, 2.75) is 408 Å². The third-order valence-electron chi connectivity index (χ3n) is 19.3. The maximum Gasteiger partial charge on any atom is 0.472 e. The number of hydrogen-bond acceptors (Lipinski definition) is 23. The van der Waals surface area contributed by atoms with Gasteiger partial charge in [0.15, 0.2) is 18.7 Å². The van der Waals surface area contributed by atoms with E-state index in [9.17, 15) is 74.9 Å². The average Bonchev–Trinajstić information content (AvgIpc) is 0.763. The van der Waals surface area contributed by atoms with Gasteiger partial charge in [-0.15, -0.1) is 0 Å². The zero-order valence-corrected chi connectivity index (χ0v) is 60.7. The Labute approximate surface area is 580 Å². The minimum atomic E-state index is -5.69. The van der Waals surface area contributed by atoms with E-state index < -0.39 is 156 Å². The molecule has 572 valence electrons. The first-order valence-electron chi connectivity index (χ1n) is 38.2. The van der Waals surface area contributed by atoms with Gasteiger partial charge in [0.05, 0.1) is 13.2 Å². The predicted octanol–water partition coefficient (Wildman–Crippen LogP) is 10.4. The normalized spacial score (nSPS) is 28.1. The second-order valence-electron chi connectivity index (χ2n) is 28.0. The number of unbranched alkanes of at least 4 members (excludes halogenated alkanes) is 34. The van der Waals surface area contributed by atoms with E-state index in [4.69, 9.17) is 42.2 Å². The van der Waals surface area contributed by atoms with Gasteiger partial charge >= 0.3 is 25.7 Å². The minimum absolute atomic E-state index is 0.0331. The third-order valence-corrected chi connectivity index (χ3v) is 20.3. The molecule has 1 unspecified atom stereocenters. The largest absolute Gasteiger partial charge is 0.472 e. The number of carbonyl (C=O) groups is 3. The summed E-state index contributed by atoms with van der Waals surface area (Å²) in [6.45, 7) is 5.79. The molecule has 0 bridgehead atoms. The number of aliphatic hydroxyl groups is 10. The van der Waals surface area contributed by atoms with Gasteiger partial charge in [0.1, 0.15) is 98.7 Å². The lowest BCUT2D eigenvalue weighted by molar-refractivity contribution is -0.360. The fraction of sp³-hybridized carbons (Fsp3) is 0.958. The number of rotatable bonds is 59. The summed E-state index contributed by atoms with van der Waals surface area (Å²) < 4.78 is 65.1. The molecule has 3 fully saturated rings. The Bertz CT molecular complexity index is 2030. The molecule has 2 heterocycles. The summed E-state index contributed by atoms with van der Waals surface area (Å²) in [5.41, 5.74) is 0. The minimum Gasteiger partial charge on any atom is -0.463 e. The van der Waals surface area contributed by atoms with E-state index in [1.807, 2.05) is 0 Å². The van der Waals surface area contributed by atoms with Gasteiger partial charge in [0.25, 0.3) is 0 Å². The molecule has 0 aromatic carbocycles. The van der Waals surface area contributed by atoms with Crippen molar-refractivity contribution in [1.29, 1.82) is 0 Å². The Morgan fingerprint density at radius 1 is 0.392 bits per heavy atom. The van der Waals surface area contributed by atoms with Crippen LogP contribution in [-0.4, -0.2) is 204 Å². The molecule has 25 heteroatoms. The van der Waals surface area contributed by atoms with Crippen LogP contribution < -0.4 is 0 Å². The summed E-state index contributed by atoms with van der Waals surface area (Å²) in [5, 5.41) is 110. The van der Waals surface area contributed by atoms with Crippen LogP contribution in [0.1, 0.15) is 304 Å². The van der Waals surface area contributed by atoms with E-state index in [1.54, 1.807) is 0 Å². The van der Waals surface area contributed by atoms with E-state index in [2.05, 4.69) is 27.7 Å². The van der Waals surface area contributed by atoms with E-state index >= 15 is 0 Å². The quantitative estimate of drug-likeness (QED) is 0.0117. The molecule has 24 nitrogen and oxygen atoms in total. The maximum atomic E-state index is 14.3. The Balaban J connectivity index is 1.74. The van der Waals surface area contributed by atoms with Crippen LogP contribution in [0.4, 0.5) is 0 Å². The second-order valence-corrected chi connectivity index (χ2v) is 29.4. The van der Waals surface area contributed by atoms with Gasteiger partial charge in [-0.2, -0.15) is 0 Å². The maximum absolute atomic E-state index is 14.3. The number of phosphoric acid groups is 1. The molecule has 0 aromatic rings. The fourth-order valence-electron chi connectivity index (χ4n) is 12.9. The highest BCUT2D eigenvalue weighted by Crippen LogP contribution is 2.49. The number of aliphatic hydroxyl groups excluding tert-OH is 10. The van der Waals surface area contributed by atoms with Gasteiger partial charge in [-0.3, -0.25) is 23.4 Å². The molecule has 0 spiro atoms. The summed E-state index contributed by atoms with van der Waals surface area (Å²) in [4.78, 5) is 51.0. The molecule has 97 heavy (non-hydrogen) atoms. The van der Waals surface area contributed by atoms with E-state index in [1.165, 1.54) is 141 Å². The lowest BCUT2D eigenvalue weighted by atomic mass is 9.84. The first-order chi connectivity index (χ1) is 46.7. The van der Waals surface area contributed by atoms with E-state index in [0.717, 1.165) is 96.3 Å². The molecular weight excluding hydrogens is 1280 g/mol. The van der Waals surface area contributed by atoms with Crippen molar-refractivity contribution in [2.75, 3.05) is 26.4 Å². The van der Waals surface area contributed by atoms with Crippen LogP contribution in [0.5, 0.6) is 0 Å². The topological polar surface area (TPSA) is 374 Å². The van der Waals surface area contributed by atoms with Gasteiger partial charge in [-0.25, -0.2) is 4.57 Å². The van der Waals surface area contributed by atoms with Crippen molar-refractivity contribution in [2.24, 2.45) is 5.92 Å². The molecule has 3 aliphatic rings. The third kappa shape index (κ3) is 37.3. The molecule has 0 amide bonds. The molecule has 1 aliphatic carbocycles. The highest BCUT2D eigenvalue weighted by molar-refractivity contribution is 7.47. The Hall–Kier alpha value is -2.04. The summed E-state index contributed by atoms with van der Waals surface area (Å²) in [7, 11) is -5.69. The standard InChI is InChI=1S/C72H135O24P/c1-5-8-11-14-17-19-21-23-25-27-29-35-41-46-57(75)89-51-55-60(78)62(80)67(85)72(93-55)95-69-65(83)63(81)64(82)68(94-71-66(84)61(79)59(77)54(48-73)92-71)70(69)96-97(86,87)90-50-53(91-58(76)47-42-37-30-28-26-24-22-20-18-15-12-9-6-2)49-88-56(74)45-40-36-32-31-34-39-44-52(4)43-38-33-16-13-10-7-3/h52-55,59-73,77-85H,5-51H2,1-4H3,(H,86,87)/t52-,53+,54-,55-,59-,60+,61-,62-,63-,64+,65+,66-,67-,68+,69-,70-,71-,72+/m0/s1. The zero-order chi connectivity index (χ0) is 71.2. The Morgan fingerprint density at radius 3 is 1.11 bits per heavy atom. The van der Waals surface area contributed by atoms with Crippen molar-refractivity contribution in [3.63, 3.8) is 0 Å². The first-order valence-corrected chi connectivity index (χ1v) is 39.7. The number of carbonyl (C=O) groups excluding carboxylic acids is 3. The van der Waals surface area contributed by atoms with Gasteiger partial charge < -0.3 is 89.1 Å². The summed E-state index contributed by atoms with van der Waals surface area (Å²) in [6.07, 6.45) is 8.88. The van der Waals surface area contributed by atoms with Crippen LogP contribution in [0, 0.1) is 5.92 Å². The zero-order valence-electron chi connectivity index (χ0n) is 59.8. The number of esters is 3. The highest BCUT2D eigenvalue weighted by Gasteiger charge is 2.58. The van der Waals surface area contributed by atoms with E-state index in [0.29, 0.717) is 25.2 Å². The van der Waals surface area contributed by atoms with Crippen molar-refractivity contribution < 1.29 is 117 Å². The van der Waals surface area contributed by atoms with E-state index in [-0.39, 0.29) is 19.3 Å². The summed E-state index contributed by atoms with van der Waals surface area (Å²) >= 11 is 0. The number of hydrogen-bond donors (Lipinski definition) is 11. The molecular formula is C72H135O24P. The highest BCUT2D eigenvalue weighted by atomic mass is 31.2. The Morgan fingerprint density at radius 2 is 0.722 bits per heavy atom. The SMILES string of the molecule is CCCCCCCCCCCCCCCC(=O)OC[C@@H]1O[C@H](O[C@H]2[C@H](O)[C@@H](O)[C@@H](O)[C@@H](O[C@@H]3O[C@@H](CO)[C@H](O)[C@H](O)[C@@H]3O)[C@@H]2OP(=O)(O)OC[C@@H](COC(=O)CCCCCCCC[C@@H](C)CCCCCCCC)OC(=O)CCCCCCCCCCCCCCC)[C@@H](O)[C@@H](O)[C@@H]1O. The lowest BCUT2D eigenvalue weighted by Gasteiger charge is -2.49. The van der Waals surface area contributed by atoms with Gasteiger partial charge in [-0.1, -0.05) is 265 Å². The molecule has 2 aliphatic heterocycles. The van der Waals surface area contributed by atoms with Crippen LogP contribution in [0.2, 0.25) is 0 Å². The molecule has 11 N–H and O–H groups in total. The first kappa shape index (κ1) is 89.2. The molecule has 19 atom stereocenters. The molecule has 1 saturated carbocycles. The number of ether oxygens (including phenoxy) is 7. The summed E-state index contributed by atoms with van der Waals surface area (Å²) in [5.74, 6) is -1.28. The van der Waals surface area contributed by atoms with Crippen molar-refractivity contribution in [1.82, 2.24) is 0 Å². The second kappa shape index (κ2) is 53.7.